The molecule has 4 unspecified atom stereocenters. The lowest BCUT2D eigenvalue weighted by molar-refractivity contribution is -0.151. The Morgan fingerprint density at radius 2 is 1.94 bits per heavy atom. The Morgan fingerprint density at radius 3 is 2.59 bits per heavy atom. The first-order chi connectivity index (χ1) is 15.9. The predicted octanol–water partition coefficient (Wildman–Crippen LogP) is 5.74. The van der Waals surface area contributed by atoms with Crippen LogP contribution in [-0.2, 0) is 9.53 Å². The molecule has 0 radical (unpaired) electrons. The minimum atomic E-state index is -0.939. The Balaban J connectivity index is 2.84. The summed E-state index contributed by atoms with van der Waals surface area (Å²) < 4.78 is 5.80. The van der Waals surface area contributed by atoms with E-state index < -0.39 is 23.8 Å². The van der Waals surface area contributed by atoms with E-state index in [4.69, 9.17) is 4.74 Å². The maximum absolute atomic E-state index is 12.5. The van der Waals surface area contributed by atoms with Crippen molar-refractivity contribution in [2.24, 2.45) is 23.7 Å². The van der Waals surface area contributed by atoms with E-state index in [0.29, 0.717) is 24.7 Å². The second-order valence-corrected chi connectivity index (χ2v) is 10.9. The van der Waals surface area contributed by atoms with E-state index in [9.17, 15) is 20.1 Å². The van der Waals surface area contributed by atoms with Crippen LogP contribution in [0.1, 0.15) is 93.4 Å². The van der Waals surface area contributed by atoms with E-state index in [1.165, 1.54) is 0 Å². The topological polar surface area (TPSA) is 87.0 Å². The van der Waals surface area contributed by atoms with Gasteiger partial charge in [0.25, 0.3) is 0 Å². The number of esters is 1. The van der Waals surface area contributed by atoms with Gasteiger partial charge in [-0.1, -0.05) is 71.4 Å². The Morgan fingerprint density at radius 1 is 1.26 bits per heavy atom. The Kier molecular flexibility index (Phi) is 13.4. The third-order valence-electron chi connectivity index (χ3n) is 7.45. The van der Waals surface area contributed by atoms with Crippen molar-refractivity contribution < 1.29 is 24.9 Å². The molecule has 196 valence electrons. The highest BCUT2D eigenvalue weighted by atomic mass is 16.5. The molecule has 0 aliphatic carbocycles. The van der Waals surface area contributed by atoms with E-state index >= 15 is 0 Å². The largest absolute Gasteiger partial charge is 0.457 e. The number of ether oxygens (including phenoxy) is 1. The second-order valence-electron chi connectivity index (χ2n) is 10.9. The Bertz CT molecular complexity index is 693. The van der Waals surface area contributed by atoms with Crippen LogP contribution in [0.5, 0.6) is 0 Å². The van der Waals surface area contributed by atoms with Crippen LogP contribution >= 0.6 is 0 Å². The summed E-state index contributed by atoms with van der Waals surface area (Å²) >= 11 is 0. The predicted molar refractivity (Wildman–Crippen MR) is 139 cm³/mol. The highest BCUT2D eigenvalue weighted by molar-refractivity contribution is 5.70. The van der Waals surface area contributed by atoms with Crippen LogP contribution in [0.25, 0.3) is 0 Å². The molecule has 0 amide bonds. The maximum atomic E-state index is 12.5. The minimum absolute atomic E-state index is 0.0627. The molecular weight excluding hydrogens is 428 g/mol. The van der Waals surface area contributed by atoms with Gasteiger partial charge in [0.2, 0.25) is 0 Å². The van der Waals surface area contributed by atoms with Crippen molar-refractivity contribution in [2.75, 3.05) is 0 Å². The first-order valence-electron chi connectivity index (χ1n) is 13.2. The van der Waals surface area contributed by atoms with Crippen molar-refractivity contribution >= 4 is 5.97 Å². The third kappa shape index (κ3) is 10.9. The molecule has 5 nitrogen and oxygen atoms in total. The molecule has 0 bridgehead atoms. The van der Waals surface area contributed by atoms with Crippen LogP contribution in [-0.4, -0.2) is 45.2 Å². The van der Waals surface area contributed by atoms with Crippen molar-refractivity contribution in [3.8, 4) is 0 Å². The molecule has 0 aromatic heterocycles. The zero-order valence-corrected chi connectivity index (χ0v) is 22.5. The zero-order chi connectivity index (χ0) is 25.9. The molecule has 5 heteroatoms. The Hall–Kier alpha value is -1.43. The van der Waals surface area contributed by atoms with Gasteiger partial charge >= 0.3 is 5.97 Å². The first-order valence-corrected chi connectivity index (χ1v) is 13.2. The number of carbonyl (C=O) groups is 1. The average molecular weight is 479 g/mol. The van der Waals surface area contributed by atoms with Crippen molar-refractivity contribution in [3.05, 3.63) is 36.0 Å². The van der Waals surface area contributed by atoms with E-state index in [-0.39, 0.29) is 24.4 Å². The van der Waals surface area contributed by atoms with Crippen molar-refractivity contribution in [2.45, 2.75) is 117 Å². The molecule has 8 atom stereocenters. The highest BCUT2D eigenvalue weighted by Gasteiger charge is 2.30. The number of carbonyl (C=O) groups excluding carboxylic acids is 1. The molecule has 0 spiro atoms. The molecule has 0 fully saturated rings. The molecule has 1 aliphatic heterocycles. The van der Waals surface area contributed by atoms with Gasteiger partial charge in [-0.2, -0.15) is 0 Å². The summed E-state index contributed by atoms with van der Waals surface area (Å²) in [5.74, 6) is 0.193. The van der Waals surface area contributed by atoms with Crippen LogP contribution in [0, 0.1) is 23.7 Å². The summed E-state index contributed by atoms with van der Waals surface area (Å²) in [6.07, 6.45) is 13.4. The first kappa shape index (κ1) is 30.6. The molecule has 3 N–H and O–H groups in total. The highest BCUT2D eigenvalue weighted by Crippen LogP contribution is 2.28. The molecule has 0 aromatic rings. The summed E-state index contributed by atoms with van der Waals surface area (Å²) in [7, 11) is 0. The number of hydrogen-bond donors (Lipinski definition) is 3. The molecule has 1 heterocycles. The lowest BCUT2D eigenvalue weighted by Gasteiger charge is -2.31. The lowest BCUT2D eigenvalue weighted by Crippen LogP contribution is -2.34. The van der Waals surface area contributed by atoms with Crippen LogP contribution in [0.2, 0.25) is 0 Å². The maximum Gasteiger partial charge on any atom is 0.309 e. The van der Waals surface area contributed by atoms with Gasteiger partial charge in [-0.05, 0) is 63.4 Å². The van der Waals surface area contributed by atoms with Crippen LogP contribution in [0.3, 0.4) is 0 Å². The fraction of sp³-hybridized carbons (Fsp3) is 0.759. The summed E-state index contributed by atoms with van der Waals surface area (Å²) in [6.45, 7) is 14.0. The van der Waals surface area contributed by atoms with Gasteiger partial charge in [0.1, 0.15) is 6.10 Å². The number of allylic oxidation sites excluding steroid dienone is 3. The normalized spacial score (nSPS) is 33.5. The van der Waals surface area contributed by atoms with Gasteiger partial charge in [0.15, 0.2) is 0 Å². The fourth-order valence-corrected chi connectivity index (χ4v) is 4.38. The summed E-state index contributed by atoms with van der Waals surface area (Å²) in [6, 6.07) is 0. The standard InChI is InChI=1S/C29H50O5/c1-8-26(31)21(3)13-9-11-20(2)12-10-14-22(4)28-23(5)15-16-24(6)29(7,33)18-17-25(30)19-27(32)34-28/h10,12,14-16,20-21,23-26,28,30-31,33H,8-9,11,13,17-19H2,1-7H3/b12-10+,16-15+,22-14+/t20-,21?,23-,24?,25+,26?,28?,29+/m0/s1. The van der Waals surface area contributed by atoms with E-state index in [0.717, 1.165) is 31.3 Å². The van der Waals surface area contributed by atoms with E-state index in [1.54, 1.807) is 6.92 Å². The summed E-state index contributed by atoms with van der Waals surface area (Å²) in [5, 5.41) is 30.9. The SMILES string of the molecule is CCC(O)C(C)CCC[C@H](C)/C=C/C=C(\C)C1OC(=O)C[C@H](O)CC[C@@](C)(O)C(C)/C=C/[C@@H]1C. The van der Waals surface area contributed by atoms with Crippen molar-refractivity contribution in [1.82, 2.24) is 0 Å². The van der Waals surface area contributed by atoms with Gasteiger partial charge in [0, 0.05) is 11.8 Å². The smallest absolute Gasteiger partial charge is 0.309 e. The van der Waals surface area contributed by atoms with Gasteiger partial charge in [-0.3, -0.25) is 4.79 Å². The monoisotopic (exact) mass is 478 g/mol. The van der Waals surface area contributed by atoms with Gasteiger partial charge in [0.05, 0.1) is 24.2 Å². The second kappa shape index (κ2) is 14.9. The molecular formula is C29H50O5. The lowest BCUT2D eigenvalue weighted by atomic mass is 9.84. The molecule has 1 rings (SSSR count). The molecule has 0 saturated heterocycles. The summed E-state index contributed by atoms with van der Waals surface area (Å²) in [4.78, 5) is 12.5. The Labute approximate surface area is 208 Å². The minimum Gasteiger partial charge on any atom is -0.457 e. The third-order valence-corrected chi connectivity index (χ3v) is 7.45. The molecule has 0 aromatic carbocycles. The molecule has 34 heavy (non-hydrogen) atoms. The van der Waals surface area contributed by atoms with Crippen LogP contribution < -0.4 is 0 Å². The van der Waals surface area contributed by atoms with Crippen molar-refractivity contribution in [1.29, 1.82) is 0 Å². The number of aliphatic hydroxyl groups is 3. The van der Waals surface area contributed by atoms with Gasteiger partial charge < -0.3 is 20.1 Å². The fourth-order valence-electron chi connectivity index (χ4n) is 4.38. The zero-order valence-electron chi connectivity index (χ0n) is 22.5. The quantitative estimate of drug-likeness (QED) is 0.223. The molecule has 1 aliphatic rings. The van der Waals surface area contributed by atoms with Gasteiger partial charge in [-0.25, -0.2) is 0 Å². The number of cyclic esters (lactones) is 1. The molecule has 0 saturated carbocycles. The summed E-state index contributed by atoms with van der Waals surface area (Å²) in [5.41, 5.74) is 0.00557. The van der Waals surface area contributed by atoms with Crippen molar-refractivity contribution in [3.63, 3.8) is 0 Å². The number of rotatable bonds is 9. The van der Waals surface area contributed by atoms with Crippen LogP contribution in [0.4, 0.5) is 0 Å². The number of aliphatic hydroxyl groups excluding tert-OH is 2. The average Bonchev–Trinajstić information content (AvgIpc) is 2.77. The number of hydrogen-bond acceptors (Lipinski definition) is 5. The van der Waals surface area contributed by atoms with E-state index in [2.05, 4.69) is 19.9 Å². The van der Waals surface area contributed by atoms with E-state index in [1.807, 2.05) is 52.0 Å². The van der Waals surface area contributed by atoms with Crippen LogP contribution in [0.15, 0.2) is 36.0 Å². The van der Waals surface area contributed by atoms with Gasteiger partial charge in [-0.15, -0.1) is 0 Å².